The van der Waals surface area contributed by atoms with Crippen LogP contribution in [-0.2, 0) is 14.3 Å². The fraction of sp³-hybridized carbons (Fsp3) is 0.423. The summed E-state index contributed by atoms with van der Waals surface area (Å²) in [6, 6.07) is 14.2. The van der Waals surface area contributed by atoms with Crippen LogP contribution in [0.2, 0.25) is 0 Å². The second-order valence-electron chi connectivity index (χ2n) is 8.52. The van der Waals surface area contributed by atoms with E-state index in [1.54, 1.807) is 6.92 Å². The highest BCUT2D eigenvalue weighted by Crippen LogP contribution is 2.44. The minimum absolute atomic E-state index is 0.0802. The number of ether oxygens (including phenoxy) is 1. The number of carboxylic acids is 1. The maximum absolute atomic E-state index is 12.7. The topological polar surface area (TPSA) is 105 Å². The van der Waals surface area contributed by atoms with E-state index in [9.17, 15) is 19.5 Å². The molecule has 176 valence electrons. The molecule has 2 aromatic carbocycles. The molecule has 33 heavy (non-hydrogen) atoms. The summed E-state index contributed by atoms with van der Waals surface area (Å²) >= 11 is 0. The summed E-state index contributed by atoms with van der Waals surface area (Å²) in [5, 5.41) is 14.7. The van der Waals surface area contributed by atoms with Gasteiger partial charge in [0.1, 0.15) is 18.7 Å². The molecule has 3 rings (SSSR count). The lowest BCUT2D eigenvalue weighted by Crippen LogP contribution is -2.53. The molecule has 0 aromatic heterocycles. The molecule has 1 aliphatic carbocycles. The number of amides is 2. The molecule has 3 unspecified atom stereocenters. The molecule has 7 nitrogen and oxygen atoms in total. The van der Waals surface area contributed by atoms with E-state index in [1.165, 1.54) is 0 Å². The summed E-state index contributed by atoms with van der Waals surface area (Å²) < 4.78 is 5.54. The molecular weight excluding hydrogens is 420 g/mol. The number of alkyl carbamates (subject to hydrolysis) is 1. The average molecular weight is 453 g/mol. The number of fused-ring (bicyclic) bond motifs is 3. The van der Waals surface area contributed by atoms with Crippen molar-refractivity contribution in [1.82, 2.24) is 10.6 Å². The van der Waals surface area contributed by atoms with Gasteiger partial charge >= 0.3 is 12.1 Å². The first-order chi connectivity index (χ1) is 15.9. The molecule has 0 heterocycles. The van der Waals surface area contributed by atoms with Crippen LogP contribution in [0.15, 0.2) is 48.5 Å². The highest BCUT2D eigenvalue weighted by molar-refractivity contribution is 5.89. The molecule has 7 heteroatoms. The first kappa shape index (κ1) is 24.3. The predicted molar refractivity (Wildman–Crippen MR) is 126 cm³/mol. The minimum Gasteiger partial charge on any atom is -0.480 e. The van der Waals surface area contributed by atoms with E-state index in [1.807, 2.05) is 50.2 Å². The number of hydrogen-bond acceptors (Lipinski definition) is 4. The van der Waals surface area contributed by atoms with Crippen LogP contribution in [-0.4, -0.2) is 41.8 Å². The van der Waals surface area contributed by atoms with Gasteiger partial charge in [0.15, 0.2) is 0 Å². The van der Waals surface area contributed by atoms with Gasteiger partial charge in [0.05, 0.1) is 0 Å². The van der Waals surface area contributed by atoms with Gasteiger partial charge in [0.2, 0.25) is 5.91 Å². The summed E-state index contributed by atoms with van der Waals surface area (Å²) in [5.74, 6) is -1.92. The lowest BCUT2D eigenvalue weighted by Gasteiger charge is -2.24. The van der Waals surface area contributed by atoms with Crippen molar-refractivity contribution < 1.29 is 24.2 Å². The smallest absolute Gasteiger partial charge is 0.407 e. The standard InChI is InChI=1S/C26H32N2O5/c1-4-10-22(24(29)28-23(25(30)31)16(3)5-2)27-26(32)33-15-21-19-13-8-6-11-17(19)18-12-7-9-14-20(18)21/h6-9,11-14,16,21-23H,4-5,10,15H2,1-3H3,(H,27,32)(H,28,29)(H,30,31). The summed E-state index contributed by atoms with van der Waals surface area (Å²) in [4.78, 5) is 36.9. The highest BCUT2D eigenvalue weighted by atomic mass is 16.5. The van der Waals surface area contributed by atoms with Gasteiger partial charge in [-0.15, -0.1) is 0 Å². The molecule has 0 radical (unpaired) electrons. The Hall–Kier alpha value is -3.35. The number of carbonyl (C=O) groups is 3. The molecule has 3 N–H and O–H groups in total. The maximum Gasteiger partial charge on any atom is 0.407 e. The molecule has 0 saturated carbocycles. The van der Waals surface area contributed by atoms with Crippen molar-refractivity contribution >= 4 is 18.0 Å². The average Bonchev–Trinajstić information content (AvgIpc) is 3.13. The zero-order valence-corrected chi connectivity index (χ0v) is 19.3. The predicted octanol–water partition coefficient (Wildman–Crippen LogP) is 4.31. The Morgan fingerprint density at radius 2 is 1.55 bits per heavy atom. The van der Waals surface area contributed by atoms with Crippen molar-refractivity contribution in [1.29, 1.82) is 0 Å². The van der Waals surface area contributed by atoms with Crippen LogP contribution in [0.25, 0.3) is 11.1 Å². The van der Waals surface area contributed by atoms with E-state index >= 15 is 0 Å². The Bertz CT molecular complexity index is 960. The van der Waals surface area contributed by atoms with Crippen LogP contribution < -0.4 is 10.6 Å². The molecule has 2 amide bonds. The molecule has 0 spiro atoms. The number of hydrogen-bond donors (Lipinski definition) is 3. The van der Waals surface area contributed by atoms with Crippen molar-refractivity contribution in [2.75, 3.05) is 6.61 Å². The van der Waals surface area contributed by atoms with Crippen LogP contribution in [0.4, 0.5) is 4.79 Å². The first-order valence-corrected chi connectivity index (χ1v) is 11.5. The third-order valence-electron chi connectivity index (χ3n) is 6.31. The van der Waals surface area contributed by atoms with Gasteiger partial charge in [-0.05, 0) is 34.6 Å². The van der Waals surface area contributed by atoms with Crippen molar-refractivity contribution in [2.45, 2.75) is 58.0 Å². The third kappa shape index (κ3) is 5.53. The Labute approximate surface area is 194 Å². The van der Waals surface area contributed by atoms with Crippen molar-refractivity contribution in [3.8, 4) is 11.1 Å². The molecule has 0 fully saturated rings. The first-order valence-electron chi connectivity index (χ1n) is 11.5. The second kappa shape index (κ2) is 11.0. The molecule has 0 saturated heterocycles. The van der Waals surface area contributed by atoms with Gasteiger partial charge in [-0.25, -0.2) is 9.59 Å². The van der Waals surface area contributed by atoms with Gasteiger partial charge in [-0.2, -0.15) is 0 Å². The van der Waals surface area contributed by atoms with E-state index in [2.05, 4.69) is 22.8 Å². The van der Waals surface area contributed by atoms with Crippen LogP contribution in [0.5, 0.6) is 0 Å². The zero-order chi connectivity index (χ0) is 24.0. The second-order valence-corrected chi connectivity index (χ2v) is 8.52. The van der Waals surface area contributed by atoms with Gasteiger partial charge in [0.25, 0.3) is 0 Å². The van der Waals surface area contributed by atoms with Crippen LogP contribution in [0.3, 0.4) is 0 Å². The number of carboxylic acid groups (broad SMARTS) is 1. The lowest BCUT2D eigenvalue weighted by molar-refractivity contribution is -0.143. The Morgan fingerprint density at radius 3 is 2.06 bits per heavy atom. The van der Waals surface area contributed by atoms with Crippen LogP contribution >= 0.6 is 0 Å². The molecule has 3 atom stereocenters. The van der Waals surface area contributed by atoms with E-state index in [0.29, 0.717) is 19.3 Å². The monoisotopic (exact) mass is 452 g/mol. The Balaban J connectivity index is 1.65. The number of rotatable bonds is 10. The quantitative estimate of drug-likeness (QED) is 0.498. The van der Waals surface area contributed by atoms with Crippen molar-refractivity contribution in [3.63, 3.8) is 0 Å². The normalized spacial score (nSPS) is 15.0. The number of nitrogens with one attached hydrogen (secondary N) is 2. The third-order valence-corrected chi connectivity index (χ3v) is 6.31. The largest absolute Gasteiger partial charge is 0.480 e. The number of carbonyl (C=O) groups excluding carboxylic acids is 2. The van der Waals surface area contributed by atoms with E-state index < -0.39 is 30.1 Å². The van der Waals surface area contributed by atoms with E-state index in [4.69, 9.17) is 4.74 Å². The lowest BCUT2D eigenvalue weighted by atomic mass is 9.98. The Kier molecular flexibility index (Phi) is 8.09. The summed E-state index contributed by atoms with van der Waals surface area (Å²) in [7, 11) is 0. The van der Waals surface area contributed by atoms with E-state index in [-0.39, 0.29) is 18.4 Å². The van der Waals surface area contributed by atoms with Crippen molar-refractivity contribution in [2.24, 2.45) is 5.92 Å². The molecular formula is C26H32N2O5. The fourth-order valence-corrected chi connectivity index (χ4v) is 4.28. The van der Waals surface area contributed by atoms with Gasteiger partial charge < -0.3 is 20.5 Å². The zero-order valence-electron chi connectivity index (χ0n) is 19.3. The van der Waals surface area contributed by atoms with Gasteiger partial charge in [0, 0.05) is 5.92 Å². The molecule has 1 aliphatic rings. The summed E-state index contributed by atoms with van der Waals surface area (Å²) in [6.45, 7) is 5.67. The number of aliphatic carboxylic acids is 1. The summed E-state index contributed by atoms with van der Waals surface area (Å²) in [6.07, 6.45) is 0.933. The number of benzene rings is 2. The van der Waals surface area contributed by atoms with Crippen molar-refractivity contribution in [3.05, 3.63) is 59.7 Å². The van der Waals surface area contributed by atoms with Gasteiger partial charge in [-0.3, -0.25) is 4.79 Å². The molecule has 0 bridgehead atoms. The van der Waals surface area contributed by atoms with Crippen LogP contribution in [0.1, 0.15) is 57.1 Å². The SMILES string of the molecule is CCCC(NC(=O)OCC1c2ccccc2-c2ccccc21)C(=O)NC(C(=O)O)C(C)CC. The summed E-state index contributed by atoms with van der Waals surface area (Å²) in [5.41, 5.74) is 4.48. The van der Waals surface area contributed by atoms with Crippen LogP contribution in [0, 0.1) is 5.92 Å². The Morgan fingerprint density at radius 1 is 0.970 bits per heavy atom. The minimum atomic E-state index is -1.09. The van der Waals surface area contributed by atoms with Gasteiger partial charge in [-0.1, -0.05) is 82.1 Å². The molecule has 2 aromatic rings. The van der Waals surface area contributed by atoms with E-state index in [0.717, 1.165) is 22.3 Å². The molecule has 0 aliphatic heterocycles. The highest BCUT2D eigenvalue weighted by Gasteiger charge is 2.31. The maximum atomic E-state index is 12.7. The fourth-order valence-electron chi connectivity index (χ4n) is 4.28.